The maximum Gasteiger partial charge on any atom is 0.262 e. The summed E-state index contributed by atoms with van der Waals surface area (Å²) in [7, 11) is 0. The van der Waals surface area contributed by atoms with Crippen LogP contribution in [0.1, 0.15) is 27.8 Å². The number of carbonyl (C=O) groups is 1. The summed E-state index contributed by atoms with van der Waals surface area (Å²) in [5.74, 6) is -0.0951. The maximum absolute atomic E-state index is 12.9. The number of hydrogen-bond donors (Lipinski definition) is 1. The molecular weight excluding hydrogens is 376 g/mol. The highest BCUT2D eigenvalue weighted by molar-refractivity contribution is 7.12. The lowest BCUT2D eigenvalue weighted by Gasteiger charge is -2.21. The van der Waals surface area contributed by atoms with Gasteiger partial charge in [-0.05, 0) is 41.1 Å². The first-order valence-corrected chi connectivity index (χ1v) is 10.2. The summed E-state index contributed by atoms with van der Waals surface area (Å²) in [6.45, 7) is 0.123. The van der Waals surface area contributed by atoms with Crippen LogP contribution in [0.25, 0.3) is 0 Å². The predicted octanol–water partition coefficient (Wildman–Crippen LogP) is 4.47. The van der Waals surface area contributed by atoms with E-state index in [9.17, 15) is 4.79 Å². The summed E-state index contributed by atoms with van der Waals surface area (Å²) in [5, 5.41) is 22.4. The Morgan fingerprint density at radius 1 is 1.22 bits per heavy atom. The Hall–Kier alpha value is -2.95. The fourth-order valence-electron chi connectivity index (χ4n) is 2.99. The average molecular weight is 393 g/mol. The lowest BCUT2D eigenvalue weighted by molar-refractivity contribution is -0.131. The molecule has 1 atom stereocenters. The van der Waals surface area contributed by atoms with Gasteiger partial charge in [0.2, 0.25) is 0 Å². The molecule has 2 aromatic heterocycles. The fourth-order valence-corrected chi connectivity index (χ4v) is 4.52. The van der Waals surface area contributed by atoms with E-state index in [1.165, 1.54) is 0 Å². The molecule has 0 bridgehead atoms. The Kier molecular flexibility index (Phi) is 5.01. The molecule has 7 heteroatoms. The largest absolute Gasteiger partial charge is 0.376 e. The molecule has 0 spiro atoms. The number of anilines is 1. The lowest BCUT2D eigenvalue weighted by atomic mass is 10.1. The highest BCUT2D eigenvalue weighted by Gasteiger charge is 2.33. The van der Waals surface area contributed by atoms with Crippen molar-refractivity contribution >= 4 is 40.0 Å². The van der Waals surface area contributed by atoms with E-state index in [-0.39, 0.29) is 18.5 Å². The smallest absolute Gasteiger partial charge is 0.262 e. The number of carbonyl (C=O) groups excluding carboxylic acids is 1. The van der Waals surface area contributed by atoms with Crippen LogP contribution in [-0.4, -0.2) is 23.2 Å². The van der Waals surface area contributed by atoms with Crippen LogP contribution in [0.3, 0.4) is 0 Å². The number of nitriles is 1. The highest BCUT2D eigenvalue weighted by atomic mass is 32.1. The molecule has 0 fully saturated rings. The lowest BCUT2D eigenvalue weighted by Crippen LogP contribution is -2.31. The van der Waals surface area contributed by atoms with Gasteiger partial charge in [-0.2, -0.15) is 10.4 Å². The van der Waals surface area contributed by atoms with Crippen LogP contribution in [0.4, 0.5) is 5.69 Å². The van der Waals surface area contributed by atoms with Crippen molar-refractivity contribution in [2.75, 3.05) is 11.9 Å². The summed E-state index contributed by atoms with van der Waals surface area (Å²) in [4.78, 5) is 15.1. The van der Waals surface area contributed by atoms with Gasteiger partial charge < -0.3 is 5.32 Å². The molecule has 5 nitrogen and oxygen atoms in total. The minimum atomic E-state index is -0.0951. The molecule has 134 valence electrons. The zero-order valence-corrected chi connectivity index (χ0v) is 16.0. The van der Waals surface area contributed by atoms with Crippen LogP contribution in [0.2, 0.25) is 0 Å². The molecule has 1 aliphatic heterocycles. The Labute approximate surface area is 165 Å². The van der Waals surface area contributed by atoms with Crippen molar-refractivity contribution in [1.82, 2.24) is 5.01 Å². The standard InChI is InChI=1S/C20H16N4OS2/c21-12-14-4-1-5-15(10-14)22-13-20(25)24-17(19-7-3-9-27-19)11-16(23-24)18-6-2-8-26-18/h1-10,17,22H,11,13H2/t17-/m1/s1. The minimum Gasteiger partial charge on any atom is -0.376 e. The van der Waals surface area contributed by atoms with Gasteiger partial charge in [-0.1, -0.05) is 18.2 Å². The van der Waals surface area contributed by atoms with Crippen LogP contribution >= 0.6 is 22.7 Å². The van der Waals surface area contributed by atoms with Gasteiger partial charge in [0, 0.05) is 17.0 Å². The van der Waals surface area contributed by atoms with E-state index in [1.54, 1.807) is 45.9 Å². The SMILES string of the molecule is N#Cc1cccc(NCC(=O)N2N=C(c3cccs3)C[C@@H]2c2cccs2)c1. The van der Waals surface area contributed by atoms with Gasteiger partial charge >= 0.3 is 0 Å². The summed E-state index contributed by atoms with van der Waals surface area (Å²) in [6.07, 6.45) is 0.719. The summed E-state index contributed by atoms with van der Waals surface area (Å²) < 4.78 is 0. The quantitative estimate of drug-likeness (QED) is 0.696. The van der Waals surface area contributed by atoms with E-state index >= 15 is 0 Å². The average Bonchev–Trinajstić information content (AvgIpc) is 3.46. The normalized spacial score (nSPS) is 16.0. The third-order valence-corrected chi connectivity index (χ3v) is 6.17. The number of rotatable bonds is 5. The zero-order valence-electron chi connectivity index (χ0n) is 14.3. The number of nitrogens with zero attached hydrogens (tertiary/aromatic N) is 3. The molecule has 4 rings (SSSR count). The summed E-state index contributed by atoms with van der Waals surface area (Å²) in [6, 6.07) is 17.2. The van der Waals surface area contributed by atoms with Crippen LogP contribution in [0, 0.1) is 11.3 Å². The third kappa shape index (κ3) is 3.77. The number of hydrogen-bond acceptors (Lipinski definition) is 6. The van der Waals surface area contributed by atoms with Gasteiger partial charge in [0.05, 0.1) is 34.8 Å². The van der Waals surface area contributed by atoms with E-state index in [4.69, 9.17) is 5.26 Å². The first kappa shape index (κ1) is 17.5. The second kappa shape index (κ2) is 7.74. The second-order valence-electron chi connectivity index (χ2n) is 6.04. The molecule has 0 saturated heterocycles. The van der Waals surface area contributed by atoms with Crippen molar-refractivity contribution in [1.29, 1.82) is 5.26 Å². The fraction of sp³-hybridized carbons (Fsp3) is 0.150. The van der Waals surface area contributed by atoms with Gasteiger partial charge in [0.15, 0.2) is 0 Å². The van der Waals surface area contributed by atoms with Gasteiger partial charge in [0.25, 0.3) is 5.91 Å². The molecular formula is C20H16N4OS2. The monoisotopic (exact) mass is 392 g/mol. The predicted molar refractivity (Wildman–Crippen MR) is 109 cm³/mol. The van der Waals surface area contributed by atoms with Crippen molar-refractivity contribution in [3.63, 3.8) is 0 Å². The summed E-state index contributed by atoms with van der Waals surface area (Å²) in [5.41, 5.74) is 2.25. The molecule has 27 heavy (non-hydrogen) atoms. The van der Waals surface area contributed by atoms with Crippen LogP contribution in [0.15, 0.2) is 64.4 Å². The molecule has 0 saturated carbocycles. The molecule has 1 aromatic carbocycles. The molecule has 0 aliphatic carbocycles. The van der Waals surface area contributed by atoms with E-state index < -0.39 is 0 Å². The van der Waals surface area contributed by atoms with E-state index in [0.717, 1.165) is 27.6 Å². The molecule has 1 aliphatic rings. The first-order chi connectivity index (χ1) is 13.2. The Bertz CT molecular complexity index is 1000. The van der Waals surface area contributed by atoms with Crippen molar-refractivity contribution in [2.24, 2.45) is 5.10 Å². The zero-order chi connectivity index (χ0) is 18.6. The van der Waals surface area contributed by atoms with Crippen LogP contribution in [0.5, 0.6) is 0 Å². The van der Waals surface area contributed by atoms with Gasteiger partial charge in [0.1, 0.15) is 0 Å². The summed E-state index contributed by atoms with van der Waals surface area (Å²) >= 11 is 3.28. The van der Waals surface area contributed by atoms with Crippen molar-refractivity contribution in [2.45, 2.75) is 12.5 Å². The van der Waals surface area contributed by atoms with Crippen LogP contribution < -0.4 is 5.32 Å². The number of hydrazone groups is 1. The molecule has 0 radical (unpaired) electrons. The molecule has 3 heterocycles. The Morgan fingerprint density at radius 3 is 2.81 bits per heavy atom. The van der Waals surface area contributed by atoms with E-state index in [1.807, 2.05) is 41.1 Å². The maximum atomic E-state index is 12.9. The van der Waals surface area contributed by atoms with Crippen LogP contribution in [-0.2, 0) is 4.79 Å². The molecule has 3 aromatic rings. The van der Waals surface area contributed by atoms with Crippen molar-refractivity contribution < 1.29 is 4.79 Å². The number of nitrogens with one attached hydrogen (secondary N) is 1. The molecule has 1 N–H and O–H groups in total. The Balaban J connectivity index is 1.52. The number of thiophene rings is 2. The molecule has 1 amide bonds. The topological polar surface area (TPSA) is 68.5 Å². The molecule has 0 unspecified atom stereocenters. The highest BCUT2D eigenvalue weighted by Crippen LogP contribution is 2.35. The number of benzene rings is 1. The third-order valence-electron chi connectivity index (χ3n) is 4.28. The van der Waals surface area contributed by atoms with Crippen molar-refractivity contribution in [3.05, 3.63) is 74.6 Å². The van der Waals surface area contributed by atoms with E-state index in [0.29, 0.717) is 5.56 Å². The van der Waals surface area contributed by atoms with Gasteiger partial charge in [-0.25, -0.2) is 5.01 Å². The van der Waals surface area contributed by atoms with Gasteiger partial charge in [-0.3, -0.25) is 4.79 Å². The number of amides is 1. The van der Waals surface area contributed by atoms with Gasteiger partial charge in [-0.15, -0.1) is 22.7 Å². The second-order valence-corrected chi connectivity index (χ2v) is 7.97. The van der Waals surface area contributed by atoms with E-state index in [2.05, 4.69) is 16.5 Å². The van der Waals surface area contributed by atoms with Crippen molar-refractivity contribution in [3.8, 4) is 6.07 Å². The first-order valence-electron chi connectivity index (χ1n) is 8.45. The Morgan fingerprint density at radius 2 is 2.07 bits per heavy atom. The minimum absolute atomic E-state index is 0.0677.